The molecule has 0 unspecified atom stereocenters. The average molecular weight is 363 g/mol. The summed E-state index contributed by atoms with van der Waals surface area (Å²) in [6, 6.07) is 5.26. The summed E-state index contributed by atoms with van der Waals surface area (Å²) in [7, 11) is 0. The Balaban J connectivity index is 1.66. The minimum atomic E-state index is -1.67. The van der Waals surface area contributed by atoms with Crippen molar-refractivity contribution in [3.8, 4) is 5.75 Å². The van der Waals surface area contributed by atoms with Gasteiger partial charge in [-0.1, -0.05) is 0 Å². The van der Waals surface area contributed by atoms with E-state index < -0.39 is 28.9 Å². The first kappa shape index (κ1) is 17.8. The van der Waals surface area contributed by atoms with Crippen LogP contribution in [0.2, 0.25) is 0 Å². The fourth-order valence-electron chi connectivity index (χ4n) is 2.53. The minimum absolute atomic E-state index is 0.158. The summed E-state index contributed by atoms with van der Waals surface area (Å²) in [5.41, 5.74) is 0.808. The summed E-state index contributed by atoms with van der Waals surface area (Å²) in [5.74, 6) is -4.68. The van der Waals surface area contributed by atoms with E-state index in [2.05, 4.69) is 10.3 Å². The summed E-state index contributed by atoms with van der Waals surface area (Å²) in [4.78, 5) is 16.4. The van der Waals surface area contributed by atoms with Gasteiger partial charge in [0, 0.05) is 25.4 Å². The zero-order valence-corrected chi connectivity index (χ0v) is 13.9. The summed E-state index contributed by atoms with van der Waals surface area (Å²) < 4.78 is 47.0. The second-order valence-electron chi connectivity index (χ2n) is 5.50. The molecule has 3 rings (SSSR count). The van der Waals surface area contributed by atoms with Crippen LogP contribution >= 0.6 is 0 Å². The summed E-state index contributed by atoms with van der Waals surface area (Å²) in [5, 5.41) is 2.47. The molecule has 136 valence electrons. The molecule has 2 aromatic heterocycles. The van der Waals surface area contributed by atoms with Gasteiger partial charge in [0.1, 0.15) is 0 Å². The van der Waals surface area contributed by atoms with Crippen molar-refractivity contribution in [3.63, 3.8) is 0 Å². The number of hydrogen-bond donors (Lipinski definition) is 1. The molecule has 0 saturated carbocycles. The second-order valence-corrected chi connectivity index (χ2v) is 5.50. The highest BCUT2D eigenvalue weighted by molar-refractivity contribution is 5.94. The number of nitrogens with zero attached hydrogens (tertiary/aromatic N) is 2. The van der Waals surface area contributed by atoms with Crippen LogP contribution in [0.25, 0.3) is 5.65 Å². The van der Waals surface area contributed by atoms with Crippen LogP contribution in [0, 0.1) is 17.5 Å². The van der Waals surface area contributed by atoms with E-state index in [-0.39, 0.29) is 6.54 Å². The van der Waals surface area contributed by atoms with Crippen LogP contribution in [0.4, 0.5) is 13.2 Å². The van der Waals surface area contributed by atoms with Gasteiger partial charge >= 0.3 is 0 Å². The van der Waals surface area contributed by atoms with Crippen molar-refractivity contribution in [2.75, 3.05) is 13.2 Å². The zero-order chi connectivity index (χ0) is 18.7. The topological polar surface area (TPSA) is 55.6 Å². The largest absolute Gasteiger partial charge is 0.490 e. The number of hydrogen-bond acceptors (Lipinski definition) is 3. The Hall–Kier alpha value is -3.03. The Kier molecular flexibility index (Phi) is 5.11. The highest BCUT2D eigenvalue weighted by Crippen LogP contribution is 2.19. The number of carbonyl (C=O) groups excluding carboxylic acids is 1. The number of rotatable bonds is 6. The standard InChI is InChI=1S/C18H16F3N3O2/c1-2-26-14-4-3-9-24-10-11(23-17(14)24)7-8-22-18(25)12-5-6-13(19)16(21)15(12)20/h3-6,9-10H,2,7-8H2,1H3,(H,22,25). The number of nitrogens with one attached hydrogen (secondary N) is 1. The van der Waals surface area contributed by atoms with E-state index in [9.17, 15) is 18.0 Å². The first-order chi connectivity index (χ1) is 12.5. The molecule has 3 aromatic rings. The lowest BCUT2D eigenvalue weighted by molar-refractivity contribution is 0.0948. The molecule has 0 fully saturated rings. The van der Waals surface area contributed by atoms with E-state index in [1.807, 2.05) is 25.3 Å². The van der Waals surface area contributed by atoms with Gasteiger partial charge < -0.3 is 14.5 Å². The fraction of sp³-hybridized carbons (Fsp3) is 0.222. The third-order valence-corrected chi connectivity index (χ3v) is 3.74. The van der Waals surface area contributed by atoms with Crippen LogP contribution < -0.4 is 10.1 Å². The molecule has 1 amide bonds. The molecular weight excluding hydrogens is 347 g/mol. The van der Waals surface area contributed by atoms with Gasteiger partial charge in [-0.25, -0.2) is 18.2 Å². The normalized spacial score (nSPS) is 10.9. The smallest absolute Gasteiger partial charge is 0.254 e. The van der Waals surface area contributed by atoms with Gasteiger partial charge in [0.2, 0.25) is 0 Å². The van der Waals surface area contributed by atoms with Crippen molar-refractivity contribution in [2.24, 2.45) is 0 Å². The van der Waals surface area contributed by atoms with Gasteiger partial charge in [0.25, 0.3) is 5.91 Å². The van der Waals surface area contributed by atoms with Gasteiger partial charge in [0.15, 0.2) is 28.8 Å². The lowest BCUT2D eigenvalue weighted by Gasteiger charge is -2.06. The van der Waals surface area contributed by atoms with Crippen molar-refractivity contribution >= 4 is 11.6 Å². The molecule has 8 heteroatoms. The highest BCUT2D eigenvalue weighted by atomic mass is 19.2. The van der Waals surface area contributed by atoms with E-state index in [4.69, 9.17) is 4.74 Å². The minimum Gasteiger partial charge on any atom is -0.490 e. The van der Waals surface area contributed by atoms with Crippen LogP contribution in [0.1, 0.15) is 23.0 Å². The van der Waals surface area contributed by atoms with E-state index >= 15 is 0 Å². The molecular formula is C18H16F3N3O2. The molecule has 5 nitrogen and oxygen atoms in total. The maximum absolute atomic E-state index is 13.6. The quantitative estimate of drug-likeness (QED) is 0.685. The van der Waals surface area contributed by atoms with Gasteiger partial charge in [-0.2, -0.15) is 0 Å². The first-order valence-corrected chi connectivity index (χ1v) is 8.02. The lowest BCUT2D eigenvalue weighted by Crippen LogP contribution is -2.27. The number of pyridine rings is 1. The van der Waals surface area contributed by atoms with Crippen molar-refractivity contribution in [2.45, 2.75) is 13.3 Å². The number of benzene rings is 1. The molecule has 26 heavy (non-hydrogen) atoms. The molecule has 0 spiro atoms. The predicted molar refractivity (Wildman–Crippen MR) is 88.7 cm³/mol. The van der Waals surface area contributed by atoms with Crippen LogP contribution in [0.5, 0.6) is 5.75 Å². The first-order valence-electron chi connectivity index (χ1n) is 8.02. The molecule has 0 aliphatic heterocycles. The molecule has 0 aliphatic carbocycles. The predicted octanol–water partition coefficient (Wildman–Crippen LogP) is 3.12. The molecule has 0 radical (unpaired) electrons. The molecule has 1 N–H and O–H groups in total. The van der Waals surface area contributed by atoms with Gasteiger partial charge in [-0.15, -0.1) is 0 Å². The van der Waals surface area contributed by atoms with E-state index in [0.717, 1.165) is 6.07 Å². The Morgan fingerprint density at radius 1 is 1.23 bits per heavy atom. The fourth-order valence-corrected chi connectivity index (χ4v) is 2.53. The molecule has 2 heterocycles. The van der Waals surface area contributed by atoms with E-state index in [1.54, 1.807) is 10.6 Å². The number of aromatic nitrogens is 2. The van der Waals surface area contributed by atoms with Crippen molar-refractivity contribution in [3.05, 3.63) is 65.4 Å². The SMILES string of the molecule is CCOc1cccn2cc(CCNC(=O)c3ccc(F)c(F)c3F)nc12. The van der Waals surface area contributed by atoms with Crippen molar-refractivity contribution < 1.29 is 22.7 Å². The number of ether oxygens (including phenoxy) is 1. The Morgan fingerprint density at radius 2 is 2.04 bits per heavy atom. The van der Waals surface area contributed by atoms with Crippen LogP contribution in [0.15, 0.2) is 36.7 Å². The number of fused-ring (bicyclic) bond motifs is 1. The monoisotopic (exact) mass is 363 g/mol. The maximum Gasteiger partial charge on any atom is 0.254 e. The van der Waals surface area contributed by atoms with Crippen molar-refractivity contribution in [1.29, 1.82) is 0 Å². The Labute approximate surface area is 147 Å². The second kappa shape index (κ2) is 7.47. The summed E-state index contributed by atoms with van der Waals surface area (Å²) in [6.07, 6.45) is 4.00. The van der Waals surface area contributed by atoms with Gasteiger partial charge in [-0.05, 0) is 31.2 Å². The van der Waals surface area contributed by atoms with Crippen LogP contribution in [-0.4, -0.2) is 28.4 Å². The lowest BCUT2D eigenvalue weighted by atomic mass is 10.2. The van der Waals surface area contributed by atoms with Gasteiger partial charge in [0.05, 0.1) is 17.9 Å². The number of amides is 1. The maximum atomic E-state index is 13.6. The van der Waals surface area contributed by atoms with Crippen LogP contribution in [0.3, 0.4) is 0 Å². The Bertz CT molecular complexity index is 956. The zero-order valence-electron chi connectivity index (χ0n) is 13.9. The summed E-state index contributed by atoms with van der Waals surface area (Å²) in [6.45, 7) is 2.54. The average Bonchev–Trinajstić information content (AvgIpc) is 3.04. The number of imidazole rings is 1. The third-order valence-electron chi connectivity index (χ3n) is 3.74. The van der Waals surface area contributed by atoms with Crippen molar-refractivity contribution in [1.82, 2.24) is 14.7 Å². The highest BCUT2D eigenvalue weighted by Gasteiger charge is 2.18. The number of carbonyl (C=O) groups is 1. The molecule has 1 aromatic carbocycles. The molecule has 0 aliphatic rings. The molecule has 0 saturated heterocycles. The third kappa shape index (κ3) is 3.49. The molecule has 0 atom stereocenters. The summed E-state index contributed by atoms with van der Waals surface area (Å²) >= 11 is 0. The van der Waals surface area contributed by atoms with E-state index in [0.29, 0.717) is 36.2 Å². The van der Waals surface area contributed by atoms with E-state index in [1.165, 1.54) is 0 Å². The number of halogens is 3. The van der Waals surface area contributed by atoms with Gasteiger partial charge in [-0.3, -0.25) is 4.79 Å². The van der Waals surface area contributed by atoms with Crippen LogP contribution in [-0.2, 0) is 6.42 Å². The molecule has 0 bridgehead atoms. The Morgan fingerprint density at radius 3 is 2.81 bits per heavy atom.